The van der Waals surface area contributed by atoms with Gasteiger partial charge in [-0.15, -0.1) is 11.3 Å². The molecule has 1 aromatic carbocycles. The Balaban J connectivity index is 2.19. The molecule has 0 aliphatic heterocycles. The molecule has 100 valence electrons. The van der Waals surface area contributed by atoms with Crippen molar-refractivity contribution in [2.75, 3.05) is 5.32 Å². The summed E-state index contributed by atoms with van der Waals surface area (Å²) >= 11 is 1.49. The highest BCUT2D eigenvalue weighted by Gasteiger charge is 2.17. The molecular formula is C13H15N3O2S. The van der Waals surface area contributed by atoms with Crippen molar-refractivity contribution in [2.24, 2.45) is 0 Å². The van der Waals surface area contributed by atoms with Crippen LogP contribution in [0.4, 0.5) is 16.5 Å². The number of aromatic nitrogens is 1. The summed E-state index contributed by atoms with van der Waals surface area (Å²) in [7, 11) is 0. The van der Waals surface area contributed by atoms with Crippen LogP contribution in [0, 0.1) is 10.1 Å². The van der Waals surface area contributed by atoms with Gasteiger partial charge in [-0.05, 0) is 6.07 Å². The molecule has 0 saturated heterocycles. The van der Waals surface area contributed by atoms with Gasteiger partial charge in [0.25, 0.3) is 5.69 Å². The predicted molar refractivity (Wildman–Crippen MR) is 77.2 cm³/mol. The number of nitrogens with one attached hydrogen (secondary N) is 1. The van der Waals surface area contributed by atoms with Gasteiger partial charge in [0.05, 0.1) is 10.6 Å². The Morgan fingerprint density at radius 2 is 2.11 bits per heavy atom. The first-order chi connectivity index (χ1) is 8.86. The monoisotopic (exact) mass is 277 g/mol. The number of hydrogen-bond donors (Lipinski definition) is 1. The van der Waals surface area contributed by atoms with Crippen LogP contribution >= 0.6 is 11.3 Å². The third-order valence-corrected chi connectivity index (χ3v) is 3.34. The molecule has 0 amide bonds. The van der Waals surface area contributed by atoms with E-state index in [4.69, 9.17) is 0 Å². The molecule has 0 saturated carbocycles. The molecule has 19 heavy (non-hydrogen) atoms. The van der Waals surface area contributed by atoms with Crippen molar-refractivity contribution >= 4 is 27.8 Å². The minimum Gasteiger partial charge on any atom is -0.331 e. The maximum absolute atomic E-state index is 10.7. The third-order valence-electron chi connectivity index (χ3n) is 2.58. The Labute approximate surface area is 115 Å². The van der Waals surface area contributed by atoms with Crippen molar-refractivity contribution in [2.45, 2.75) is 26.2 Å². The van der Waals surface area contributed by atoms with Gasteiger partial charge >= 0.3 is 0 Å². The van der Waals surface area contributed by atoms with Crippen LogP contribution in [0.3, 0.4) is 0 Å². The Kier molecular flexibility index (Phi) is 3.53. The number of thiazole rings is 1. The topological polar surface area (TPSA) is 68.1 Å². The van der Waals surface area contributed by atoms with Crippen molar-refractivity contribution in [1.29, 1.82) is 0 Å². The summed E-state index contributed by atoms with van der Waals surface area (Å²) in [6, 6.07) is 6.40. The van der Waals surface area contributed by atoms with E-state index in [1.807, 2.05) is 5.38 Å². The average Bonchev–Trinajstić information content (AvgIpc) is 2.77. The lowest BCUT2D eigenvalue weighted by molar-refractivity contribution is -0.384. The van der Waals surface area contributed by atoms with Crippen molar-refractivity contribution in [3.63, 3.8) is 0 Å². The van der Waals surface area contributed by atoms with E-state index in [0.29, 0.717) is 5.69 Å². The average molecular weight is 277 g/mol. The second-order valence-corrected chi connectivity index (χ2v) is 6.08. The van der Waals surface area contributed by atoms with E-state index in [9.17, 15) is 10.1 Å². The summed E-state index contributed by atoms with van der Waals surface area (Å²) in [4.78, 5) is 14.8. The minimum absolute atomic E-state index is 0.000878. The van der Waals surface area contributed by atoms with Crippen LogP contribution in [-0.2, 0) is 5.41 Å². The fourth-order valence-corrected chi connectivity index (χ4v) is 2.45. The number of hydrogen-bond acceptors (Lipinski definition) is 5. The van der Waals surface area contributed by atoms with E-state index in [1.54, 1.807) is 12.1 Å². The van der Waals surface area contributed by atoms with Gasteiger partial charge in [-0.25, -0.2) is 4.98 Å². The van der Waals surface area contributed by atoms with Crippen LogP contribution < -0.4 is 5.32 Å². The van der Waals surface area contributed by atoms with Crippen LogP contribution in [0.2, 0.25) is 0 Å². The van der Waals surface area contributed by atoms with Gasteiger partial charge in [-0.3, -0.25) is 10.1 Å². The molecule has 1 N–H and O–H groups in total. The molecule has 0 unspecified atom stereocenters. The summed E-state index contributed by atoms with van der Waals surface area (Å²) in [5, 5.41) is 16.5. The summed E-state index contributed by atoms with van der Waals surface area (Å²) in [5.41, 5.74) is 1.74. The highest BCUT2D eigenvalue weighted by atomic mass is 32.1. The Morgan fingerprint density at radius 1 is 1.37 bits per heavy atom. The van der Waals surface area contributed by atoms with E-state index >= 15 is 0 Å². The number of rotatable bonds is 3. The standard InChI is InChI=1S/C13H15N3O2S/c1-13(2,3)11-8-19-12(15-11)14-9-5-4-6-10(7-9)16(17)18/h4-8H,1-3H3,(H,14,15). The van der Waals surface area contributed by atoms with Crippen LogP contribution in [0.1, 0.15) is 26.5 Å². The number of non-ortho nitro benzene ring substituents is 1. The Morgan fingerprint density at radius 3 is 2.68 bits per heavy atom. The minimum atomic E-state index is -0.409. The molecule has 0 atom stereocenters. The molecule has 0 fully saturated rings. The highest BCUT2D eigenvalue weighted by molar-refractivity contribution is 7.13. The second-order valence-electron chi connectivity index (χ2n) is 5.22. The summed E-state index contributed by atoms with van der Waals surface area (Å²) in [6.07, 6.45) is 0. The molecule has 0 bridgehead atoms. The van der Waals surface area contributed by atoms with E-state index < -0.39 is 4.92 Å². The van der Waals surface area contributed by atoms with Crippen molar-refractivity contribution < 1.29 is 4.92 Å². The van der Waals surface area contributed by atoms with Gasteiger partial charge in [0.15, 0.2) is 5.13 Å². The molecular weight excluding hydrogens is 262 g/mol. The maximum Gasteiger partial charge on any atom is 0.271 e. The first-order valence-electron chi connectivity index (χ1n) is 5.84. The van der Waals surface area contributed by atoms with E-state index in [-0.39, 0.29) is 11.1 Å². The molecule has 1 aromatic heterocycles. The Bertz CT molecular complexity index is 602. The normalized spacial score (nSPS) is 11.3. The molecule has 6 heteroatoms. The van der Waals surface area contributed by atoms with Gasteiger partial charge in [-0.2, -0.15) is 0 Å². The van der Waals surface area contributed by atoms with Crippen LogP contribution in [0.25, 0.3) is 0 Å². The summed E-state index contributed by atoms with van der Waals surface area (Å²) in [5.74, 6) is 0. The zero-order chi connectivity index (χ0) is 14.0. The lowest BCUT2D eigenvalue weighted by Crippen LogP contribution is -2.11. The van der Waals surface area contributed by atoms with Gasteiger partial charge in [-0.1, -0.05) is 26.8 Å². The van der Waals surface area contributed by atoms with Crippen molar-refractivity contribution in [3.8, 4) is 0 Å². The SMILES string of the molecule is CC(C)(C)c1csc(Nc2cccc([N+](=O)[O-])c2)n1. The predicted octanol–water partition coefficient (Wildman–Crippen LogP) is 4.09. The van der Waals surface area contributed by atoms with Crippen LogP contribution in [0.5, 0.6) is 0 Å². The molecule has 0 radical (unpaired) electrons. The largest absolute Gasteiger partial charge is 0.331 e. The second kappa shape index (κ2) is 4.97. The van der Waals surface area contributed by atoms with Crippen LogP contribution in [-0.4, -0.2) is 9.91 Å². The van der Waals surface area contributed by atoms with E-state index in [0.717, 1.165) is 10.8 Å². The molecule has 1 heterocycles. The third kappa shape index (κ3) is 3.29. The van der Waals surface area contributed by atoms with Crippen LogP contribution in [0.15, 0.2) is 29.6 Å². The lowest BCUT2D eigenvalue weighted by Gasteiger charge is -2.14. The molecule has 2 aromatic rings. The molecule has 0 spiro atoms. The lowest BCUT2D eigenvalue weighted by atomic mass is 9.93. The molecule has 0 aliphatic rings. The number of benzene rings is 1. The van der Waals surface area contributed by atoms with E-state index in [2.05, 4.69) is 31.1 Å². The van der Waals surface area contributed by atoms with Crippen molar-refractivity contribution in [3.05, 3.63) is 45.5 Å². The quantitative estimate of drug-likeness (QED) is 0.677. The highest BCUT2D eigenvalue weighted by Crippen LogP contribution is 2.29. The summed E-state index contributed by atoms with van der Waals surface area (Å²) < 4.78 is 0. The van der Waals surface area contributed by atoms with Crippen molar-refractivity contribution in [1.82, 2.24) is 4.98 Å². The fourth-order valence-electron chi connectivity index (χ4n) is 1.50. The van der Waals surface area contributed by atoms with Gasteiger partial charge < -0.3 is 5.32 Å². The maximum atomic E-state index is 10.7. The molecule has 2 rings (SSSR count). The zero-order valence-corrected chi connectivity index (χ0v) is 11.8. The van der Waals surface area contributed by atoms with Gasteiger partial charge in [0.1, 0.15) is 0 Å². The van der Waals surface area contributed by atoms with E-state index in [1.165, 1.54) is 23.5 Å². The summed E-state index contributed by atoms with van der Waals surface area (Å²) in [6.45, 7) is 6.29. The zero-order valence-electron chi connectivity index (χ0n) is 11.0. The first-order valence-corrected chi connectivity index (χ1v) is 6.72. The van der Waals surface area contributed by atoms with Gasteiger partial charge in [0.2, 0.25) is 0 Å². The number of nitrogens with zero attached hydrogens (tertiary/aromatic N) is 2. The fraction of sp³-hybridized carbons (Fsp3) is 0.308. The van der Waals surface area contributed by atoms with Gasteiger partial charge in [0, 0.05) is 28.6 Å². The smallest absolute Gasteiger partial charge is 0.271 e. The number of nitro groups is 1. The molecule has 5 nitrogen and oxygen atoms in total. The Hall–Kier alpha value is -1.95. The first kappa shape index (κ1) is 13.5. The number of nitro benzene ring substituents is 1. The number of anilines is 2. The molecule has 0 aliphatic carbocycles.